The van der Waals surface area contributed by atoms with Gasteiger partial charge >= 0.3 is 0 Å². The van der Waals surface area contributed by atoms with Crippen LogP contribution in [0.4, 0.5) is 4.39 Å². The fourth-order valence-electron chi connectivity index (χ4n) is 2.95. The Balaban J connectivity index is 1.68. The molecule has 0 spiro atoms. The van der Waals surface area contributed by atoms with Crippen LogP contribution in [0.3, 0.4) is 0 Å². The van der Waals surface area contributed by atoms with Gasteiger partial charge in [-0.3, -0.25) is 4.79 Å². The predicted octanol–water partition coefficient (Wildman–Crippen LogP) is 3.94. The van der Waals surface area contributed by atoms with Crippen LogP contribution in [0, 0.1) is 5.82 Å². The van der Waals surface area contributed by atoms with Crippen LogP contribution < -0.4 is 11.2 Å². The zero-order valence-corrected chi connectivity index (χ0v) is 17.2. The summed E-state index contributed by atoms with van der Waals surface area (Å²) in [5.74, 6) is 6.09. The van der Waals surface area contributed by atoms with Crippen LogP contribution in [0.2, 0.25) is 0 Å². The SMILES string of the molecule is CCCC(NC(=O)C(C)Sc1nnc(-c2ccc(F)cc2)n1N)c1ccccc1. The fourth-order valence-corrected chi connectivity index (χ4v) is 3.73. The van der Waals surface area contributed by atoms with E-state index in [1.807, 2.05) is 30.3 Å². The first-order valence-corrected chi connectivity index (χ1v) is 10.4. The maximum absolute atomic E-state index is 13.1. The third-order valence-corrected chi connectivity index (χ3v) is 5.57. The van der Waals surface area contributed by atoms with Crippen LogP contribution >= 0.6 is 11.8 Å². The Kier molecular flexibility index (Phi) is 6.87. The Labute approximate surface area is 173 Å². The van der Waals surface area contributed by atoms with Crippen molar-refractivity contribution in [1.82, 2.24) is 20.2 Å². The van der Waals surface area contributed by atoms with Gasteiger partial charge in [0.25, 0.3) is 0 Å². The average Bonchev–Trinajstić information content (AvgIpc) is 3.09. The van der Waals surface area contributed by atoms with E-state index in [2.05, 4.69) is 22.4 Å². The number of benzene rings is 2. The molecule has 1 aromatic heterocycles. The van der Waals surface area contributed by atoms with E-state index in [0.29, 0.717) is 16.5 Å². The summed E-state index contributed by atoms with van der Waals surface area (Å²) in [4.78, 5) is 12.8. The highest BCUT2D eigenvalue weighted by Crippen LogP contribution is 2.26. The van der Waals surface area contributed by atoms with Gasteiger partial charge in [-0.1, -0.05) is 55.4 Å². The molecule has 0 aliphatic heterocycles. The van der Waals surface area contributed by atoms with E-state index in [4.69, 9.17) is 5.84 Å². The van der Waals surface area contributed by atoms with Crippen LogP contribution in [0.5, 0.6) is 0 Å². The highest BCUT2D eigenvalue weighted by molar-refractivity contribution is 8.00. The standard InChI is InChI=1S/C21H24FN5OS/c1-3-7-18(15-8-5-4-6-9-15)24-20(28)14(2)29-21-26-25-19(27(21)23)16-10-12-17(22)13-11-16/h4-6,8-14,18H,3,7,23H2,1-2H3,(H,24,28). The summed E-state index contributed by atoms with van der Waals surface area (Å²) in [5, 5.41) is 11.3. The van der Waals surface area contributed by atoms with Gasteiger partial charge in [0, 0.05) is 5.56 Å². The first-order valence-electron chi connectivity index (χ1n) is 9.48. The average molecular weight is 414 g/mol. The molecule has 3 aromatic rings. The molecule has 2 atom stereocenters. The number of nitrogen functional groups attached to an aromatic ring is 1. The van der Waals surface area contributed by atoms with Gasteiger partial charge in [0.1, 0.15) is 5.82 Å². The van der Waals surface area contributed by atoms with Crippen molar-refractivity contribution in [1.29, 1.82) is 0 Å². The van der Waals surface area contributed by atoms with Crippen molar-refractivity contribution in [3.8, 4) is 11.4 Å². The minimum absolute atomic E-state index is 0.0396. The number of amides is 1. The van der Waals surface area contributed by atoms with Crippen molar-refractivity contribution in [2.24, 2.45) is 0 Å². The molecule has 1 heterocycles. The zero-order valence-electron chi connectivity index (χ0n) is 16.4. The van der Waals surface area contributed by atoms with Crippen molar-refractivity contribution in [2.45, 2.75) is 43.1 Å². The smallest absolute Gasteiger partial charge is 0.233 e. The van der Waals surface area contributed by atoms with E-state index < -0.39 is 5.25 Å². The van der Waals surface area contributed by atoms with Gasteiger partial charge in [0.15, 0.2) is 5.82 Å². The van der Waals surface area contributed by atoms with E-state index in [-0.39, 0.29) is 17.8 Å². The minimum Gasteiger partial charge on any atom is -0.348 e. The Morgan fingerprint density at radius 1 is 1.17 bits per heavy atom. The molecule has 0 bridgehead atoms. The number of halogens is 1. The molecule has 0 radical (unpaired) electrons. The van der Waals surface area contributed by atoms with Crippen molar-refractivity contribution in [3.05, 3.63) is 66.0 Å². The second kappa shape index (κ2) is 9.56. The third-order valence-electron chi connectivity index (χ3n) is 4.51. The summed E-state index contributed by atoms with van der Waals surface area (Å²) >= 11 is 1.23. The topological polar surface area (TPSA) is 85.8 Å². The van der Waals surface area contributed by atoms with Gasteiger partial charge in [0.2, 0.25) is 11.1 Å². The molecule has 0 fully saturated rings. The normalized spacial score (nSPS) is 13.1. The van der Waals surface area contributed by atoms with E-state index in [0.717, 1.165) is 18.4 Å². The summed E-state index contributed by atoms with van der Waals surface area (Å²) in [6.45, 7) is 3.90. The Hall–Kier alpha value is -2.87. The summed E-state index contributed by atoms with van der Waals surface area (Å²) in [7, 11) is 0. The lowest BCUT2D eigenvalue weighted by molar-refractivity contribution is -0.121. The molecule has 0 aliphatic rings. The van der Waals surface area contributed by atoms with Crippen molar-refractivity contribution < 1.29 is 9.18 Å². The van der Waals surface area contributed by atoms with E-state index in [9.17, 15) is 9.18 Å². The molecule has 152 valence electrons. The molecule has 3 N–H and O–H groups in total. The number of carbonyl (C=O) groups is 1. The largest absolute Gasteiger partial charge is 0.348 e. The van der Waals surface area contributed by atoms with E-state index in [1.54, 1.807) is 19.1 Å². The first kappa shape index (κ1) is 20.9. The summed E-state index contributed by atoms with van der Waals surface area (Å²) in [5.41, 5.74) is 1.73. The maximum Gasteiger partial charge on any atom is 0.233 e. The van der Waals surface area contributed by atoms with Crippen LogP contribution in [-0.2, 0) is 4.79 Å². The number of nitrogens with zero attached hydrogens (tertiary/aromatic N) is 3. The number of hydrogen-bond donors (Lipinski definition) is 2. The molecule has 1 amide bonds. The highest BCUT2D eigenvalue weighted by atomic mass is 32.2. The van der Waals surface area contributed by atoms with Gasteiger partial charge in [-0.2, -0.15) is 0 Å². The maximum atomic E-state index is 13.1. The molecule has 0 saturated heterocycles. The lowest BCUT2D eigenvalue weighted by Gasteiger charge is -2.20. The lowest BCUT2D eigenvalue weighted by Crippen LogP contribution is -2.34. The van der Waals surface area contributed by atoms with E-state index >= 15 is 0 Å². The number of thioether (sulfide) groups is 1. The second-order valence-electron chi connectivity index (χ2n) is 6.70. The van der Waals surface area contributed by atoms with Crippen LogP contribution in [-0.4, -0.2) is 26.0 Å². The first-order chi connectivity index (χ1) is 14.0. The van der Waals surface area contributed by atoms with Crippen molar-refractivity contribution in [2.75, 3.05) is 5.84 Å². The van der Waals surface area contributed by atoms with Crippen molar-refractivity contribution >= 4 is 17.7 Å². The van der Waals surface area contributed by atoms with E-state index in [1.165, 1.54) is 28.6 Å². The molecular formula is C21H24FN5OS. The number of rotatable bonds is 8. The summed E-state index contributed by atoms with van der Waals surface area (Å²) in [6, 6.07) is 15.7. The Bertz CT molecular complexity index is 945. The zero-order chi connectivity index (χ0) is 20.8. The number of aromatic nitrogens is 3. The van der Waals surface area contributed by atoms with Gasteiger partial charge in [0.05, 0.1) is 11.3 Å². The Morgan fingerprint density at radius 2 is 1.86 bits per heavy atom. The molecule has 2 unspecified atom stereocenters. The van der Waals surface area contributed by atoms with Crippen LogP contribution in [0.25, 0.3) is 11.4 Å². The van der Waals surface area contributed by atoms with Gasteiger partial charge in [-0.25, -0.2) is 9.07 Å². The summed E-state index contributed by atoms with van der Waals surface area (Å²) < 4.78 is 14.4. The lowest BCUT2D eigenvalue weighted by atomic mass is 10.0. The quantitative estimate of drug-likeness (QED) is 0.432. The van der Waals surface area contributed by atoms with Crippen LogP contribution in [0.1, 0.15) is 38.3 Å². The number of nitrogens with two attached hydrogens (primary N) is 1. The molecule has 6 nitrogen and oxygen atoms in total. The summed E-state index contributed by atoms with van der Waals surface area (Å²) in [6.07, 6.45) is 1.81. The molecule has 0 aliphatic carbocycles. The highest BCUT2D eigenvalue weighted by Gasteiger charge is 2.22. The van der Waals surface area contributed by atoms with Crippen LogP contribution in [0.15, 0.2) is 59.8 Å². The van der Waals surface area contributed by atoms with Gasteiger partial charge < -0.3 is 11.2 Å². The molecule has 0 saturated carbocycles. The monoisotopic (exact) mass is 413 g/mol. The molecule has 29 heavy (non-hydrogen) atoms. The number of nitrogens with one attached hydrogen (secondary N) is 1. The molecule has 2 aromatic carbocycles. The third kappa shape index (κ3) is 5.14. The van der Waals surface area contributed by atoms with Gasteiger partial charge in [-0.15, -0.1) is 10.2 Å². The number of hydrogen-bond acceptors (Lipinski definition) is 5. The number of carbonyl (C=O) groups excluding carboxylic acids is 1. The molecule has 3 rings (SSSR count). The molecule has 8 heteroatoms. The predicted molar refractivity (Wildman–Crippen MR) is 113 cm³/mol. The molecular weight excluding hydrogens is 389 g/mol. The fraction of sp³-hybridized carbons (Fsp3) is 0.286. The van der Waals surface area contributed by atoms with Gasteiger partial charge in [-0.05, 0) is 43.2 Å². The van der Waals surface area contributed by atoms with Crippen molar-refractivity contribution in [3.63, 3.8) is 0 Å². The second-order valence-corrected chi connectivity index (χ2v) is 8.01. The minimum atomic E-state index is -0.411. The Morgan fingerprint density at radius 3 is 2.52 bits per heavy atom.